The molecule has 4 rings (SSSR count). The third-order valence-electron chi connectivity index (χ3n) is 6.60. The van der Waals surface area contributed by atoms with E-state index in [0.29, 0.717) is 36.1 Å². The Balaban J connectivity index is 1.82. The third kappa shape index (κ3) is 5.48. The average molecular weight is 519 g/mol. The zero-order valence-corrected chi connectivity index (χ0v) is 20.7. The highest BCUT2D eigenvalue weighted by molar-refractivity contribution is 6.07. The van der Waals surface area contributed by atoms with E-state index < -0.39 is 34.6 Å². The number of anilines is 2. The number of nitrogens with one attached hydrogen (secondary N) is 2. The Kier molecular flexibility index (Phi) is 7.05. The Bertz CT molecular complexity index is 1380. The maximum Gasteiger partial charge on any atom is 0.417 e. The number of halogens is 4. The minimum Gasteiger partial charge on any atom is -0.367 e. The molecule has 1 aliphatic heterocycles. The summed E-state index contributed by atoms with van der Waals surface area (Å²) in [6.07, 6.45) is -2.85. The molecule has 3 aromatic rings. The Morgan fingerprint density at radius 3 is 2.43 bits per heavy atom. The standard InChI is InChI=1S/C25H26F4N6O2/c1-13-5-16(9-31-33-13)17-6-21(22(8-20(17)26)35-11-14(2)34(4)15(3)12-35)32-24(37)18-10-30-23(36)7-19(18)25(27,28)29/h5-10,14-15H,11-12H2,1-4H3,(H,30,36)(H,32,37). The van der Waals surface area contributed by atoms with Gasteiger partial charge in [0.25, 0.3) is 5.91 Å². The molecule has 12 heteroatoms. The SMILES string of the molecule is Cc1cc(-c2cc(NC(=O)c3c[nH]c(=O)cc3C(F)(F)F)c(N3CC(C)N(C)C(C)C3)cc2F)cnn1. The number of aromatic amines is 1. The molecule has 0 spiro atoms. The number of nitrogens with zero attached hydrogens (tertiary/aromatic N) is 4. The van der Waals surface area contributed by atoms with Gasteiger partial charge in [0.2, 0.25) is 5.56 Å². The number of hydrogen-bond acceptors (Lipinski definition) is 6. The number of alkyl halides is 3. The molecule has 1 saturated heterocycles. The maximum absolute atomic E-state index is 15.4. The van der Waals surface area contributed by atoms with Crippen molar-refractivity contribution in [2.45, 2.75) is 39.0 Å². The summed E-state index contributed by atoms with van der Waals surface area (Å²) in [6, 6.07) is 4.78. The molecule has 2 aromatic heterocycles. The summed E-state index contributed by atoms with van der Waals surface area (Å²) in [5.74, 6) is -1.68. The smallest absolute Gasteiger partial charge is 0.367 e. The highest BCUT2D eigenvalue weighted by atomic mass is 19.4. The van der Waals surface area contributed by atoms with Crippen LogP contribution in [0.2, 0.25) is 0 Å². The number of amides is 1. The minimum absolute atomic E-state index is 0.0955. The number of aryl methyl sites for hydroxylation is 1. The van der Waals surface area contributed by atoms with Gasteiger partial charge in [0, 0.05) is 48.6 Å². The van der Waals surface area contributed by atoms with Crippen LogP contribution in [-0.2, 0) is 6.18 Å². The number of hydrogen-bond donors (Lipinski definition) is 2. The van der Waals surface area contributed by atoms with Gasteiger partial charge >= 0.3 is 6.18 Å². The van der Waals surface area contributed by atoms with E-state index in [1.165, 1.54) is 18.3 Å². The summed E-state index contributed by atoms with van der Waals surface area (Å²) in [6.45, 7) is 6.71. The van der Waals surface area contributed by atoms with Crippen molar-refractivity contribution >= 4 is 17.3 Å². The molecule has 2 N–H and O–H groups in total. The lowest BCUT2D eigenvalue weighted by atomic mass is 10.0. The summed E-state index contributed by atoms with van der Waals surface area (Å²) in [7, 11) is 1.98. The predicted molar refractivity (Wildman–Crippen MR) is 131 cm³/mol. The summed E-state index contributed by atoms with van der Waals surface area (Å²) in [5, 5.41) is 10.2. The molecule has 1 aliphatic rings. The van der Waals surface area contributed by atoms with E-state index in [1.54, 1.807) is 13.0 Å². The number of carbonyl (C=O) groups excluding carboxylic acids is 1. The summed E-state index contributed by atoms with van der Waals surface area (Å²) >= 11 is 0. The highest BCUT2D eigenvalue weighted by Gasteiger charge is 2.36. The second-order valence-corrected chi connectivity index (χ2v) is 9.28. The molecular weight excluding hydrogens is 492 g/mol. The summed E-state index contributed by atoms with van der Waals surface area (Å²) in [5.41, 5.74) is -1.63. The Morgan fingerprint density at radius 2 is 1.81 bits per heavy atom. The number of benzene rings is 1. The van der Waals surface area contributed by atoms with Crippen molar-refractivity contribution in [1.29, 1.82) is 0 Å². The highest BCUT2D eigenvalue weighted by Crippen LogP contribution is 2.37. The second-order valence-electron chi connectivity index (χ2n) is 9.28. The largest absolute Gasteiger partial charge is 0.417 e. The van der Waals surface area contributed by atoms with E-state index in [9.17, 15) is 22.8 Å². The zero-order chi connectivity index (χ0) is 27.1. The minimum atomic E-state index is -4.93. The Hall–Kier alpha value is -3.80. The first-order valence-corrected chi connectivity index (χ1v) is 11.6. The van der Waals surface area contributed by atoms with Crippen LogP contribution in [0.3, 0.4) is 0 Å². The Morgan fingerprint density at radius 1 is 1.14 bits per heavy atom. The fraction of sp³-hybridized carbons (Fsp3) is 0.360. The first kappa shape index (κ1) is 26.3. The summed E-state index contributed by atoms with van der Waals surface area (Å²) in [4.78, 5) is 30.8. The number of rotatable bonds is 4. The molecule has 196 valence electrons. The van der Waals surface area contributed by atoms with Gasteiger partial charge in [-0.05, 0) is 46.0 Å². The van der Waals surface area contributed by atoms with Crippen molar-refractivity contribution < 1.29 is 22.4 Å². The van der Waals surface area contributed by atoms with Gasteiger partial charge in [-0.15, -0.1) is 0 Å². The van der Waals surface area contributed by atoms with Crippen molar-refractivity contribution in [2.24, 2.45) is 0 Å². The van der Waals surface area contributed by atoms with E-state index in [1.807, 2.05) is 25.8 Å². The van der Waals surface area contributed by atoms with E-state index in [0.717, 1.165) is 6.20 Å². The second kappa shape index (κ2) is 9.92. The summed E-state index contributed by atoms with van der Waals surface area (Å²) < 4.78 is 56.2. The molecule has 2 unspecified atom stereocenters. The topological polar surface area (TPSA) is 94.2 Å². The number of piperazine rings is 1. The van der Waals surface area contributed by atoms with E-state index >= 15 is 4.39 Å². The molecule has 0 saturated carbocycles. The molecule has 1 amide bonds. The molecule has 0 bridgehead atoms. The van der Waals surface area contributed by atoms with Crippen molar-refractivity contribution in [2.75, 3.05) is 30.4 Å². The zero-order valence-electron chi connectivity index (χ0n) is 20.7. The van der Waals surface area contributed by atoms with Crippen LogP contribution in [-0.4, -0.2) is 58.2 Å². The van der Waals surface area contributed by atoms with E-state index in [4.69, 9.17) is 0 Å². The van der Waals surface area contributed by atoms with Crippen molar-refractivity contribution in [3.8, 4) is 11.1 Å². The number of likely N-dealkylation sites (N-methyl/N-ethyl adjacent to an activating group) is 1. The normalized spacial score (nSPS) is 18.6. The first-order valence-electron chi connectivity index (χ1n) is 11.6. The van der Waals surface area contributed by atoms with Crippen LogP contribution >= 0.6 is 0 Å². The quantitative estimate of drug-likeness (QED) is 0.506. The number of carbonyl (C=O) groups is 1. The van der Waals surface area contributed by atoms with Crippen LogP contribution < -0.4 is 15.8 Å². The number of aromatic nitrogens is 3. The van der Waals surface area contributed by atoms with Crippen LogP contribution in [0.15, 0.2) is 41.5 Å². The van der Waals surface area contributed by atoms with Crippen LogP contribution in [0.25, 0.3) is 11.1 Å². The van der Waals surface area contributed by atoms with Gasteiger partial charge < -0.3 is 15.2 Å². The van der Waals surface area contributed by atoms with Crippen molar-refractivity contribution in [3.63, 3.8) is 0 Å². The van der Waals surface area contributed by atoms with Gasteiger partial charge in [-0.3, -0.25) is 14.5 Å². The molecule has 8 nitrogen and oxygen atoms in total. The average Bonchev–Trinajstić information content (AvgIpc) is 2.82. The van der Waals surface area contributed by atoms with Gasteiger partial charge in [-0.2, -0.15) is 23.4 Å². The number of pyridine rings is 1. The Labute approximate surface area is 210 Å². The van der Waals surface area contributed by atoms with Crippen LogP contribution in [0.4, 0.5) is 28.9 Å². The molecule has 0 radical (unpaired) electrons. The molecule has 1 fully saturated rings. The van der Waals surface area contributed by atoms with Gasteiger partial charge in [-0.1, -0.05) is 0 Å². The van der Waals surface area contributed by atoms with Gasteiger partial charge in [0.1, 0.15) is 5.82 Å². The fourth-order valence-electron chi connectivity index (χ4n) is 4.45. The van der Waals surface area contributed by atoms with Crippen LogP contribution in [0, 0.1) is 12.7 Å². The lowest BCUT2D eigenvalue weighted by Crippen LogP contribution is -2.55. The van der Waals surface area contributed by atoms with Gasteiger partial charge in [0.05, 0.1) is 34.4 Å². The predicted octanol–water partition coefficient (Wildman–Crippen LogP) is 4.08. The van der Waals surface area contributed by atoms with Gasteiger partial charge in [-0.25, -0.2) is 4.39 Å². The monoisotopic (exact) mass is 518 g/mol. The molecule has 2 atom stereocenters. The van der Waals surface area contributed by atoms with Crippen molar-refractivity contribution in [1.82, 2.24) is 20.1 Å². The fourth-order valence-corrected chi connectivity index (χ4v) is 4.45. The van der Waals surface area contributed by atoms with Gasteiger partial charge in [0.15, 0.2) is 0 Å². The van der Waals surface area contributed by atoms with Crippen LogP contribution in [0.5, 0.6) is 0 Å². The molecule has 0 aliphatic carbocycles. The first-order chi connectivity index (χ1) is 17.3. The molecule has 37 heavy (non-hydrogen) atoms. The molecule has 3 heterocycles. The molecule has 1 aromatic carbocycles. The maximum atomic E-state index is 15.4. The molecular formula is C25H26F4N6O2. The lowest BCUT2D eigenvalue weighted by Gasteiger charge is -2.44. The van der Waals surface area contributed by atoms with E-state index in [-0.39, 0.29) is 23.3 Å². The number of H-pyrrole nitrogens is 1. The van der Waals surface area contributed by atoms with E-state index in [2.05, 4.69) is 25.4 Å². The lowest BCUT2D eigenvalue weighted by molar-refractivity contribution is -0.138. The van der Waals surface area contributed by atoms with Crippen molar-refractivity contribution in [3.05, 3.63) is 69.7 Å². The third-order valence-corrected chi connectivity index (χ3v) is 6.60. The van der Waals surface area contributed by atoms with Crippen LogP contribution in [0.1, 0.15) is 35.5 Å².